The third kappa shape index (κ3) is 4.49. The molecule has 116 valence electrons. The molecule has 0 fully saturated rings. The van der Waals surface area contributed by atoms with E-state index in [2.05, 4.69) is 10.6 Å². The van der Waals surface area contributed by atoms with E-state index < -0.39 is 0 Å². The number of hydrogen-bond acceptors (Lipinski definition) is 3. The van der Waals surface area contributed by atoms with Gasteiger partial charge in [0, 0.05) is 0 Å². The average Bonchev–Trinajstić information content (AvgIpc) is 2.55. The van der Waals surface area contributed by atoms with Crippen molar-refractivity contribution in [2.24, 2.45) is 0 Å². The zero-order chi connectivity index (χ0) is 15.8. The van der Waals surface area contributed by atoms with Crippen LogP contribution < -0.4 is 15.4 Å². The average molecular weight is 300 g/mol. The van der Waals surface area contributed by atoms with E-state index in [1.165, 1.54) is 0 Å². The van der Waals surface area contributed by atoms with E-state index in [9.17, 15) is 4.79 Å². The fourth-order valence-corrected chi connectivity index (χ4v) is 1.90. The van der Waals surface area contributed by atoms with Gasteiger partial charge in [0.1, 0.15) is 5.75 Å². The molecule has 2 aromatic rings. The van der Waals surface area contributed by atoms with Crippen molar-refractivity contribution in [2.75, 3.05) is 11.9 Å². The first kappa shape index (κ1) is 15.9. The van der Waals surface area contributed by atoms with Gasteiger partial charge in [0.15, 0.2) is 5.75 Å². The van der Waals surface area contributed by atoms with Crippen LogP contribution in [-0.4, -0.2) is 23.8 Å². The van der Waals surface area contributed by atoms with Gasteiger partial charge in [-0.1, -0.05) is 37.3 Å². The maximum atomic E-state index is 12.0. The molecule has 0 aliphatic carbocycles. The quantitative estimate of drug-likeness (QED) is 0.766. The third-order valence-electron chi connectivity index (χ3n) is 3.15. The molecule has 0 saturated heterocycles. The number of amides is 2. The first-order valence-electron chi connectivity index (χ1n) is 7.23. The Labute approximate surface area is 129 Å². The Bertz CT molecular complexity index is 598. The van der Waals surface area contributed by atoms with Crippen LogP contribution in [0.3, 0.4) is 0 Å². The van der Waals surface area contributed by atoms with E-state index in [1.54, 1.807) is 12.1 Å². The summed E-state index contributed by atoms with van der Waals surface area (Å²) in [6.45, 7) is 1.81. The Balaban J connectivity index is 2.06. The van der Waals surface area contributed by atoms with E-state index in [4.69, 9.17) is 9.84 Å². The van der Waals surface area contributed by atoms with Gasteiger partial charge in [0.2, 0.25) is 0 Å². The molecule has 2 amide bonds. The molecule has 2 rings (SSSR count). The molecule has 0 aliphatic rings. The predicted molar refractivity (Wildman–Crippen MR) is 86.3 cm³/mol. The minimum absolute atomic E-state index is 0.0912. The van der Waals surface area contributed by atoms with Crippen molar-refractivity contribution in [3.05, 3.63) is 54.6 Å². The largest absolute Gasteiger partial charge is 0.455 e. The highest BCUT2D eigenvalue weighted by Crippen LogP contribution is 2.28. The third-order valence-corrected chi connectivity index (χ3v) is 3.15. The highest BCUT2D eigenvalue weighted by Gasteiger charge is 2.11. The molecule has 0 spiro atoms. The molecule has 5 nitrogen and oxygen atoms in total. The van der Waals surface area contributed by atoms with Gasteiger partial charge in [-0.25, -0.2) is 4.79 Å². The van der Waals surface area contributed by atoms with Gasteiger partial charge >= 0.3 is 6.03 Å². The van der Waals surface area contributed by atoms with Crippen LogP contribution in [0.5, 0.6) is 11.5 Å². The highest BCUT2D eigenvalue weighted by atomic mass is 16.5. The molecule has 0 radical (unpaired) electrons. The summed E-state index contributed by atoms with van der Waals surface area (Å²) in [5, 5.41) is 14.6. The molecule has 0 saturated carbocycles. The standard InChI is InChI=1S/C17H20N2O3/c1-2-13(12-20)18-17(21)19-15-10-6-7-11-16(15)22-14-8-4-3-5-9-14/h3-11,13,20H,2,12H2,1H3,(H2,18,19,21). The summed E-state index contributed by atoms with van der Waals surface area (Å²) >= 11 is 0. The van der Waals surface area contributed by atoms with Crippen molar-refractivity contribution in [3.63, 3.8) is 0 Å². The monoisotopic (exact) mass is 300 g/mol. The molecule has 22 heavy (non-hydrogen) atoms. The van der Waals surface area contributed by atoms with E-state index in [1.807, 2.05) is 49.4 Å². The summed E-state index contributed by atoms with van der Waals surface area (Å²) in [7, 11) is 0. The second-order valence-corrected chi connectivity index (χ2v) is 4.80. The van der Waals surface area contributed by atoms with Gasteiger partial charge in [0.05, 0.1) is 18.3 Å². The van der Waals surface area contributed by atoms with Crippen molar-refractivity contribution in [1.82, 2.24) is 5.32 Å². The summed E-state index contributed by atoms with van der Waals surface area (Å²) in [5.41, 5.74) is 0.566. The van der Waals surface area contributed by atoms with E-state index in [0.29, 0.717) is 23.6 Å². The summed E-state index contributed by atoms with van der Waals surface area (Å²) < 4.78 is 5.78. The minimum Gasteiger partial charge on any atom is -0.455 e. The fourth-order valence-electron chi connectivity index (χ4n) is 1.90. The number of rotatable bonds is 6. The van der Waals surface area contributed by atoms with Crippen LogP contribution in [0.4, 0.5) is 10.5 Å². The summed E-state index contributed by atoms with van der Waals surface area (Å²) in [6, 6.07) is 15.9. The first-order chi connectivity index (χ1) is 10.7. The van der Waals surface area contributed by atoms with E-state index >= 15 is 0 Å². The second-order valence-electron chi connectivity index (χ2n) is 4.80. The Morgan fingerprint density at radius 2 is 1.82 bits per heavy atom. The number of carbonyl (C=O) groups is 1. The Morgan fingerprint density at radius 1 is 1.14 bits per heavy atom. The number of aliphatic hydroxyl groups is 1. The van der Waals surface area contributed by atoms with Gasteiger partial charge in [0.25, 0.3) is 0 Å². The van der Waals surface area contributed by atoms with Crippen molar-refractivity contribution < 1.29 is 14.6 Å². The predicted octanol–water partition coefficient (Wildman–Crippen LogP) is 3.37. The minimum atomic E-state index is -0.370. The lowest BCUT2D eigenvalue weighted by Crippen LogP contribution is -2.39. The molecule has 3 N–H and O–H groups in total. The van der Waals surface area contributed by atoms with Gasteiger partial charge in [-0.15, -0.1) is 0 Å². The van der Waals surface area contributed by atoms with Gasteiger partial charge in [-0.05, 0) is 30.7 Å². The number of anilines is 1. The molecule has 0 heterocycles. The highest BCUT2D eigenvalue weighted by molar-refractivity contribution is 5.91. The normalized spacial score (nSPS) is 11.5. The fraction of sp³-hybridized carbons (Fsp3) is 0.235. The second kappa shape index (κ2) is 8.05. The summed E-state index contributed by atoms with van der Waals surface area (Å²) in [6.07, 6.45) is 0.659. The SMILES string of the molecule is CCC(CO)NC(=O)Nc1ccccc1Oc1ccccc1. The first-order valence-corrected chi connectivity index (χ1v) is 7.23. The lowest BCUT2D eigenvalue weighted by molar-refractivity contribution is 0.222. The maximum absolute atomic E-state index is 12.0. The number of para-hydroxylation sites is 3. The molecular weight excluding hydrogens is 280 g/mol. The van der Waals surface area contributed by atoms with Crippen molar-refractivity contribution in [2.45, 2.75) is 19.4 Å². The zero-order valence-corrected chi connectivity index (χ0v) is 12.5. The molecule has 1 unspecified atom stereocenters. The van der Waals surface area contributed by atoms with Crippen LogP contribution in [0, 0.1) is 0 Å². The van der Waals surface area contributed by atoms with Crippen molar-refractivity contribution in [1.29, 1.82) is 0 Å². The number of nitrogens with one attached hydrogen (secondary N) is 2. The van der Waals surface area contributed by atoms with Crippen molar-refractivity contribution >= 4 is 11.7 Å². The molecule has 0 aliphatic heterocycles. The number of aliphatic hydroxyl groups excluding tert-OH is 1. The van der Waals surface area contributed by atoms with Crippen molar-refractivity contribution in [3.8, 4) is 11.5 Å². The van der Waals surface area contributed by atoms with E-state index in [-0.39, 0.29) is 18.7 Å². The number of ether oxygens (including phenoxy) is 1. The molecule has 0 bridgehead atoms. The van der Waals surface area contributed by atoms with Crippen LogP contribution in [0.25, 0.3) is 0 Å². The van der Waals surface area contributed by atoms with Crippen LogP contribution in [-0.2, 0) is 0 Å². The van der Waals surface area contributed by atoms with Crippen LogP contribution >= 0.6 is 0 Å². The molecular formula is C17H20N2O3. The molecule has 1 atom stereocenters. The van der Waals surface area contributed by atoms with Crippen LogP contribution in [0.15, 0.2) is 54.6 Å². The summed E-state index contributed by atoms with van der Waals surface area (Å²) in [4.78, 5) is 12.0. The Morgan fingerprint density at radius 3 is 2.50 bits per heavy atom. The number of benzene rings is 2. The van der Waals surface area contributed by atoms with Crippen LogP contribution in [0.1, 0.15) is 13.3 Å². The lowest BCUT2D eigenvalue weighted by Gasteiger charge is -2.16. The smallest absolute Gasteiger partial charge is 0.319 e. The maximum Gasteiger partial charge on any atom is 0.319 e. The Kier molecular flexibility index (Phi) is 5.80. The number of urea groups is 1. The zero-order valence-electron chi connectivity index (χ0n) is 12.5. The molecule has 5 heteroatoms. The Hall–Kier alpha value is -2.53. The summed E-state index contributed by atoms with van der Waals surface area (Å²) in [5.74, 6) is 1.25. The van der Waals surface area contributed by atoms with Gasteiger partial charge in [-0.3, -0.25) is 0 Å². The topological polar surface area (TPSA) is 70.6 Å². The molecule has 2 aromatic carbocycles. The van der Waals surface area contributed by atoms with Gasteiger partial charge < -0.3 is 20.5 Å². The van der Waals surface area contributed by atoms with E-state index in [0.717, 1.165) is 0 Å². The van der Waals surface area contributed by atoms with Gasteiger partial charge in [-0.2, -0.15) is 0 Å². The number of carbonyl (C=O) groups excluding carboxylic acids is 1. The lowest BCUT2D eigenvalue weighted by atomic mass is 10.2. The molecule has 0 aromatic heterocycles. The number of hydrogen-bond donors (Lipinski definition) is 3. The van der Waals surface area contributed by atoms with Crippen LogP contribution in [0.2, 0.25) is 0 Å².